The molecule has 1 aliphatic carbocycles. The number of hydrogen-bond acceptors (Lipinski definition) is 4. The second-order valence-electron chi connectivity index (χ2n) is 9.30. The van der Waals surface area contributed by atoms with Crippen LogP contribution in [0.25, 0.3) is 11.4 Å². The van der Waals surface area contributed by atoms with Crippen molar-refractivity contribution < 1.29 is 9.53 Å². The number of rotatable bonds is 12. The van der Waals surface area contributed by atoms with Crippen LogP contribution >= 0.6 is 0 Å². The van der Waals surface area contributed by atoms with Gasteiger partial charge in [-0.15, -0.1) is 0 Å². The summed E-state index contributed by atoms with van der Waals surface area (Å²) in [6.45, 7) is 4.41. The van der Waals surface area contributed by atoms with Crippen molar-refractivity contribution in [1.82, 2.24) is 9.97 Å². The molecular weight excluding hydrogens is 408 g/mol. The number of carbonyl (C=O) groups is 1. The van der Waals surface area contributed by atoms with Gasteiger partial charge in [0.15, 0.2) is 5.82 Å². The molecule has 0 saturated heterocycles. The van der Waals surface area contributed by atoms with Gasteiger partial charge < -0.3 is 4.74 Å². The van der Waals surface area contributed by atoms with Gasteiger partial charge in [0.05, 0.1) is 0 Å². The van der Waals surface area contributed by atoms with E-state index in [1.807, 2.05) is 18.5 Å². The van der Waals surface area contributed by atoms with E-state index < -0.39 is 0 Å². The molecule has 1 heterocycles. The predicted octanol–water partition coefficient (Wildman–Crippen LogP) is 7.58. The zero-order valence-electron chi connectivity index (χ0n) is 20.5. The number of esters is 1. The number of allylic oxidation sites excluding steroid dienone is 1. The Hall–Kier alpha value is -2.49. The third-order valence-corrected chi connectivity index (χ3v) is 6.60. The summed E-state index contributed by atoms with van der Waals surface area (Å²) in [6.07, 6.45) is 20.8. The quantitative estimate of drug-likeness (QED) is 0.191. The molecule has 1 aromatic heterocycles. The molecule has 4 nitrogen and oxygen atoms in total. The van der Waals surface area contributed by atoms with Gasteiger partial charge in [-0.2, -0.15) is 0 Å². The second kappa shape index (κ2) is 13.9. The second-order valence-corrected chi connectivity index (χ2v) is 9.30. The first-order chi connectivity index (χ1) is 16.2. The van der Waals surface area contributed by atoms with Crippen molar-refractivity contribution in [1.29, 1.82) is 0 Å². The Morgan fingerprint density at radius 2 is 1.61 bits per heavy atom. The van der Waals surface area contributed by atoms with Gasteiger partial charge in [-0.1, -0.05) is 69.9 Å². The van der Waals surface area contributed by atoms with Gasteiger partial charge in [0.2, 0.25) is 0 Å². The van der Waals surface area contributed by atoms with Crippen LogP contribution in [0.2, 0.25) is 0 Å². The Labute approximate surface area is 199 Å². The molecule has 2 aromatic rings. The summed E-state index contributed by atoms with van der Waals surface area (Å²) in [5, 5.41) is 0. The minimum absolute atomic E-state index is 0.0533. The van der Waals surface area contributed by atoms with E-state index >= 15 is 0 Å². The minimum Gasteiger partial charge on any atom is -0.459 e. The first-order valence-corrected chi connectivity index (χ1v) is 13.0. The Bertz CT molecular complexity index is 850. The van der Waals surface area contributed by atoms with Crippen LogP contribution in [0.1, 0.15) is 102 Å². The van der Waals surface area contributed by atoms with Crippen molar-refractivity contribution in [3.05, 3.63) is 59.9 Å². The molecule has 3 rings (SSSR count). The molecule has 0 amide bonds. The molecule has 0 radical (unpaired) electrons. The van der Waals surface area contributed by atoms with Gasteiger partial charge in [-0.05, 0) is 68.4 Å². The average molecular weight is 449 g/mol. The molecule has 0 spiro atoms. The highest BCUT2D eigenvalue weighted by Gasteiger charge is 2.24. The lowest BCUT2D eigenvalue weighted by molar-refractivity contribution is -0.144. The van der Waals surface area contributed by atoms with Crippen LogP contribution in [0.15, 0.2) is 48.8 Å². The smallest absolute Gasteiger partial charge is 0.330 e. The fourth-order valence-corrected chi connectivity index (χ4v) is 4.53. The van der Waals surface area contributed by atoms with Crippen LogP contribution in [-0.2, 0) is 16.0 Å². The molecule has 1 fully saturated rings. The summed E-state index contributed by atoms with van der Waals surface area (Å²) in [7, 11) is 0. The normalized spacial score (nSPS) is 18.5. The number of nitrogens with zero attached hydrogens (tertiary/aromatic N) is 2. The third kappa shape index (κ3) is 8.42. The van der Waals surface area contributed by atoms with Gasteiger partial charge in [0, 0.05) is 24.0 Å². The molecule has 4 heteroatoms. The fourth-order valence-electron chi connectivity index (χ4n) is 4.53. The van der Waals surface area contributed by atoms with E-state index in [9.17, 15) is 4.79 Å². The molecule has 1 saturated carbocycles. The highest BCUT2D eigenvalue weighted by Crippen LogP contribution is 2.34. The molecule has 1 aliphatic rings. The first kappa shape index (κ1) is 25.1. The Morgan fingerprint density at radius 1 is 0.939 bits per heavy atom. The van der Waals surface area contributed by atoms with Crippen LogP contribution in [0.4, 0.5) is 0 Å². The van der Waals surface area contributed by atoms with E-state index in [0.717, 1.165) is 56.3 Å². The summed E-state index contributed by atoms with van der Waals surface area (Å²) >= 11 is 0. The summed E-state index contributed by atoms with van der Waals surface area (Å²) in [5.74, 6) is 1.13. The maximum Gasteiger partial charge on any atom is 0.330 e. The largest absolute Gasteiger partial charge is 0.459 e. The van der Waals surface area contributed by atoms with Crippen molar-refractivity contribution in [3.8, 4) is 11.4 Å². The molecule has 0 bridgehead atoms. The Kier molecular flexibility index (Phi) is 10.6. The van der Waals surface area contributed by atoms with Crippen molar-refractivity contribution in [2.24, 2.45) is 0 Å². The minimum atomic E-state index is -0.185. The zero-order chi connectivity index (χ0) is 23.3. The summed E-state index contributed by atoms with van der Waals surface area (Å²) in [4.78, 5) is 21.2. The fraction of sp³-hybridized carbons (Fsp3) is 0.552. The van der Waals surface area contributed by atoms with Crippen molar-refractivity contribution in [2.45, 2.75) is 103 Å². The van der Waals surface area contributed by atoms with Crippen LogP contribution in [0, 0.1) is 0 Å². The van der Waals surface area contributed by atoms with Crippen LogP contribution in [0.3, 0.4) is 0 Å². The Balaban J connectivity index is 1.44. The molecule has 33 heavy (non-hydrogen) atoms. The SMILES string of the molecule is CCCCC/C=C/C(=O)OC1CCC(c2ccc(-c3ncc(CCCCC)cn3)cc2)CC1. The third-order valence-electron chi connectivity index (χ3n) is 6.60. The van der Waals surface area contributed by atoms with Crippen molar-refractivity contribution in [2.75, 3.05) is 0 Å². The van der Waals surface area contributed by atoms with Gasteiger partial charge in [0.25, 0.3) is 0 Å². The number of unbranched alkanes of at least 4 members (excludes halogenated alkanes) is 5. The van der Waals surface area contributed by atoms with E-state index in [0.29, 0.717) is 5.92 Å². The number of aryl methyl sites for hydroxylation is 1. The highest BCUT2D eigenvalue weighted by atomic mass is 16.5. The van der Waals surface area contributed by atoms with Gasteiger partial charge in [-0.3, -0.25) is 0 Å². The van der Waals surface area contributed by atoms with Crippen molar-refractivity contribution in [3.63, 3.8) is 0 Å². The summed E-state index contributed by atoms with van der Waals surface area (Å²) in [6, 6.07) is 8.70. The highest BCUT2D eigenvalue weighted by molar-refractivity contribution is 5.82. The lowest BCUT2D eigenvalue weighted by Crippen LogP contribution is -2.23. The molecule has 0 N–H and O–H groups in total. The first-order valence-electron chi connectivity index (χ1n) is 13.0. The number of ether oxygens (including phenoxy) is 1. The summed E-state index contributed by atoms with van der Waals surface area (Å²) in [5.41, 5.74) is 3.64. The van der Waals surface area contributed by atoms with Crippen LogP contribution < -0.4 is 0 Å². The number of hydrogen-bond donors (Lipinski definition) is 0. The zero-order valence-corrected chi connectivity index (χ0v) is 20.5. The Morgan fingerprint density at radius 3 is 2.27 bits per heavy atom. The molecular formula is C29H40N2O2. The van der Waals surface area contributed by atoms with Gasteiger partial charge in [0.1, 0.15) is 6.10 Å². The maximum absolute atomic E-state index is 12.0. The van der Waals surface area contributed by atoms with E-state index in [4.69, 9.17) is 4.74 Å². The van der Waals surface area contributed by atoms with Crippen LogP contribution in [0.5, 0.6) is 0 Å². The van der Waals surface area contributed by atoms with E-state index in [1.165, 1.54) is 43.2 Å². The number of aromatic nitrogens is 2. The standard InChI is InChI=1S/C29H40N2O2/c1-3-5-7-8-10-12-28(32)33-27-19-17-25(18-20-27)24-13-15-26(16-14-24)29-30-21-23(22-31-29)11-9-6-4-2/h10,12-16,21-22,25,27H,3-9,11,17-20H2,1-2H3/b12-10+. The maximum atomic E-state index is 12.0. The lowest BCUT2D eigenvalue weighted by atomic mass is 9.82. The predicted molar refractivity (Wildman–Crippen MR) is 135 cm³/mol. The van der Waals surface area contributed by atoms with Gasteiger partial charge >= 0.3 is 5.97 Å². The molecule has 178 valence electrons. The van der Waals surface area contributed by atoms with Crippen molar-refractivity contribution >= 4 is 5.97 Å². The van der Waals surface area contributed by atoms with E-state index in [1.54, 1.807) is 6.08 Å². The summed E-state index contributed by atoms with van der Waals surface area (Å²) < 4.78 is 5.66. The topological polar surface area (TPSA) is 52.1 Å². The molecule has 0 atom stereocenters. The number of carbonyl (C=O) groups excluding carboxylic acids is 1. The lowest BCUT2D eigenvalue weighted by Gasteiger charge is -2.28. The van der Waals surface area contributed by atoms with Gasteiger partial charge in [-0.25, -0.2) is 14.8 Å². The van der Waals surface area contributed by atoms with E-state index in [2.05, 4.69) is 48.1 Å². The monoisotopic (exact) mass is 448 g/mol. The average Bonchev–Trinajstić information content (AvgIpc) is 2.85. The van der Waals surface area contributed by atoms with E-state index in [-0.39, 0.29) is 12.1 Å². The molecule has 0 unspecified atom stereocenters. The number of benzene rings is 1. The molecule has 0 aliphatic heterocycles. The molecule has 1 aromatic carbocycles. The van der Waals surface area contributed by atoms with Crippen LogP contribution in [-0.4, -0.2) is 22.0 Å².